The largest absolute Gasteiger partial charge is 0.277 e. The topological polar surface area (TPSA) is 32.3 Å². The van der Waals surface area contributed by atoms with Gasteiger partial charge in [0.1, 0.15) is 0 Å². The van der Waals surface area contributed by atoms with Crippen LogP contribution in [0.1, 0.15) is 22.7 Å². The minimum absolute atomic E-state index is 0.00355. The van der Waals surface area contributed by atoms with E-state index in [9.17, 15) is 4.79 Å². The third kappa shape index (κ3) is 3.26. The fourth-order valence-corrected chi connectivity index (χ4v) is 3.42. The second kappa shape index (κ2) is 6.81. The van der Waals surface area contributed by atoms with Gasteiger partial charge in [0.2, 0.25) is 5.91 Å². The first-order valence-electron chi connectivity index (χ1n) is 8.57. The number of amides is 1. The van der Waals surface area contributed by atoms with Crippen LogP contribution in [0.15, 0.2) is 84.9 Å². The SMILES string of the molecule is O=C(Cc1ccccc1)NN1c2ccccc2C[C@H]1c1ccccc1. The monoisotopic (exact) mass is 328 g/mol. The molecule has 3 heteroatoms. The highest BCUT2D eigenvalue weighted by molar-refractivity contribution is 5.81. The van der Waals surface area contributed by atoms with Crippen LogP contribution >= 0.6 is 0 Å². The van der Waals surface area contributed by atoms with Crippen LogP contribution in [0.4, 0.5) is 5.69 Å². The van der Waals surface area contributed by atoms with Crippen molar-refractivity contribution in [3.05, 3.63) is 102 Å². The van der Waals surface area contributed by atoms with E-state index in [-0.39, 0.29) is 11.9 Å². The van der Waals surface area contributed by atoms with Gasteiger partial charge in [-0.1, -0.05) is 78.9 Å². The third-order valence-electron chi connectivity index (χ3n) is 4.61. The summed E-state index contributed by atoms with van der Waals surface area (Å²) in [4.78, 5) is 12.6. The maximum Gasteiger partial charge on any atom is 0.242 e. The summed E-state index contributed by atoms with van der Waals surface area (Å²) < 4.78 is 0. The number of hydrazine groups is 1. The molecule has 0 saturated heterocycles. The molecule has 1 aliphatic heterocycles. The average molecular weight is 328 g/mol. The van der Waals surface area contributed by atoms with Crippen molar-refractivity contribution in [3.63, 3.8) is 0 Å². The smallest absolute Gasteiger partial charge is 0.242 e. The van der Waals surface area contributed by atoms with Crippen molar-refractivity contribution in [2.24, 2.45) is 0 Å². The van der Waals surface area contributed by atoms with Crippen LogP contribution in [-0.4, -0.2) is 5.91 Å². The minimum atomic E-state index is 0.00355. The van der Waals surface area contributed by atoms with E-state index in [4.69, 9.17) is 0 Å². The summed E-state index contributed by atoms with van der Waals surface area (Å²) in [5, 5.41) is 2.02. The first kappa shape index (κ1) is 15.5. The second-order valence-electron chi connectivity index (χ2n) is 6.33. The molecule has 0 aliphatic carbocycles. The van der Waals surface area contributed by atoms with Gasteiger partial charge in [0.25, 0.3) is 0 Å². The van der Waals surface area contributed by atoms with E-state index in [0.717, 1.165) is 17.7 Å². The molecule has 3 aromatic carbocycles. The minimum Gasteiger partial charge on any atom is -0.277 e. The van der Waals surface area contributed by atoms with Crippen LogP contribution in [0.5, 0.6) is 0 Å². The lowest BCUT2D eigenvalue weighted by Gasteiger charge is -2.28. The predicted octanol–water partition coefficient (Wildman–Crippen LogP) is 4.06. The van der Waals surface area contributed by atoms with Crippen LogP contribution in [0.3, 0.4) is 0 Å². The molecule has 1 atom stereocenters. The first-order chi connectivity index (χ1) is 12.3. The molecule has 0 aromatic heterocycles. The summed E-state index contributed by atoms with van der Waals surface area (Å²) in [6, 6.07) is 28.6. The molecule has 0 radical (unpaired) electrons. The van der Waals surface area contributed by atoms with Crippen LogP contribution in [0.25, 0.3) is 0 Å². The summed E-state index contributed by atoms with van der Waals surface area (Å²) in [5.74, 6) is 0.00355. The number of nitrogens with one attached hydrogen (secondary N) is 1. The Labute approximate surface area is 147 Å². The normalized spacial score (nSPS) is 15.7. The van der Waals surface area contributed by atoms with Gasteiger partial charge in [-0.25, -0.2) is 0 Å². The number of benzene rings is 3. The summed E-state index contributed by atoms with van der Waals surface area (Å²) in [6.07, 6.45) is 1.27. The first-order valence-corrected chi connectivity index (χ1v) is 8.57. The van der Waals surface area contributed by atoms with Crippen molar-refractivity contribution in [1.29, 1.82) is 0 Å². The fourth-order valence-electron chi connectivity index (χ4n) is 3.42. The second-order valence-corrected chi connectivity index (χ2v) is 6.33. The Morgan fingerprint density at radius 2 is 1.52 bits per heavy atom. The standard InChI is InChI=1S/C22H20N2O/c25-22(15-17-9-3-1-4-10-17)23-24-20-14-8-7-13-19(20)16-21(24)18-11-5-2-6-12-18/h1-14,21H,15-16H2,(H,23,25)/t21-/m0/s1. The highest BCUT2D eigenvalue weighted by Crippen LogP contribution is 2.38. The Balaban J connectivity index is 1.59. The van der Waals surface area contributed by atoms with Crippen LogP contribution < -0.4 is 10.4 Å². The molecule has 1 amide bonds. The zero-order valence-electron chi connectivity index (χ0n) is 13.9. The number of anilines is 1. The molecule has 1 aliphatic rings. The Morgan fingerprint density at radius 1 is 0.880 bits per heavy atom. The lowest BCUT2D eigenvalue weighted by atomic mass is 10.0. The Hall–Kier alpha value is -3.07. The van der Waals surface area contributed by atoms with Gasteiger partial charge in [0.05, 0.1) is 18.2 Å². The number of fused-ring (bicyclic) bond motifs is 1. The number of rotatable bonds is 4. The molecular formula is C22H20N2O. The zero-order chi connectivity index (χ0) is 17.1. The highest BCUT2D eigenvalue weighted by Gasteiger charge is 2.31. The molecule has 1 N–H and O–H groups in total. The molecule has 0 fully saturated rings. The maximum absolute atomic E-state index is 12.6. The fraction of sp³-hybridized carbons (Fsp3) is 0.136. The molecular weight excluding hydrogens is 308 g/mol. The lowest BCUT2D eigenvalue weighted by Crippen LogP contribution is -2.43. The number of hydrogen-bond donors (Lipinski definition) is 1. The molecule has 4 rings (SSSR count). The Bertz CT molecular complexity index is 861. The molecule has 3 aromatic rings. The Morgan fingerprint density at radius 3 is 2.28 bits per heavy atom. The van der Waals surface area contributed by atoms with Crippen molar-refractivity contribution in [2.75, 3.05) is 5.01 Å². The van der Waals surface area contributed by atoms with Gasteiger partial charge in [0, 0.05) is 6.42 Å². The van der Waals surface area contributed by atoms with E-state index in [2.05, 4.69) is 35.8 Å². The summed E-state index contributed by atoms with van der Waals surface area (Å²) in [5.41, 5.74) is 7.69. The molecule has 0 bridgehead atoms. The van der Waals surface area contributed by atoms with Crippen molar-refractivity contribution in [3.8, 4) is 0 Å². The van der Waals surface area contributed by atoms with Gasteiger partial charge in [-0.2, -0.15) is 0 Å². The van der Waals surface area contributed by atoms with E-state index in [1.54, 1.807) is 0 Å². The van der Waals surface area contributed by atoms with E-state index in [1.807, 2.05) is 59.6 Å². The van der Waals surface area contributed by atoms with Gasteiger partial charge < -0.3 is 0 Å². The van der Waals surface area contributed by atoms with Crippen molar-refractivity contribution >= 4 is 11.6 Å². The average Bonchev–Trinajstić information content (AvgIpc) is 3.02. The number of carbonyl (C=O) groups excluding carboxylic acids is 1. The molecule has 0 saturated carbocycles. The molecule has 1 heterocycles. The molecule has 124 valence electrons. The van der Waals surface area contributed by atoms with Gasteiger partial charge in [0.15, 0.2) is 0 Å². The van der Waals surface area contributed by atoms with Crippen molar-refractivity contribution in [1.82, 2.24) is 5.43 Å². The summed E-state index contributed by atoms with van der Waals surface area (Å²) in [7, 11) is 0. The maximum atomic E-state index is 12.6. The number of nitrogens with zero attached hydrogens (tertiary/aromatic N) is 1. The van der Waals surface area contributed by atoms with Gasteiger partial charge >= 0.3 is 0 Å². The van der Waals surface area contributed by atoms with Crippen LogP contribution in [-0.2, 0) is 17.6 Å². The summed E-state index contributed by atoms with van der Waals surface area (Å²) in [6.45, 7) is 0. The quantitative estimate of drug-likeness (QED) is 0.783. The lowest BCUT2D eigenvalue weighted by molar-refractivity contribution is -0.120. The zero-order valence-corrected chi connectivity index (χ0v) is 13.9. The summed E-state index contributed by atoms with van der Waals surface area (Å²) >= 11 is 0. The van der Waals surface area contributed by atoms with Crippen molar-refractivity contribution in [2.45, 2.75) is 18.9 Å². The van der Waals surface area contributed by atoms with Gasteiger partial charge in [-0.05, 0) is 22.8 Å². The Kier molecular flexibility index (Phi) is 4.21. The van der Waals surface area contributed by atoms with Crippen LogP contribution in [0, 0.1) is 0 Å². The number of para-hydroxylation sites is 1. The van der Waals surface area contributed by atoms with Gasteiger partial charge in [-0.3, -0.25) is 15.2 Å². The highest BCUT2D eigenvalue weighted by atomic mass is 16.2. The van der Waals surface area contributed by atoms with E-state index >= 15 is 0 Å². The van der Waals surface area contributed by atoms with E-state index in [1.165, 1.54) is 11.1 Å². The van der Waals surface area contributed by atoms with Crippen LogP contribution in [0.2, 0.25) is 0 Å². The molecule has 25 heavy (non-hydrogen) atoms. The molecule has 0 unspecified atom stereocenters. The number of carbonyl (C=O) groups is 1. The molecule has 3 nitrogen and oxygen atoms in total. The third-order valence-corrected chi connectivity index (χ3v) is 4.61. The van der Waals surface area contributed by atoms with E-state index < -0.39 is 0 Å². The van der Waals surface area contributed by atoms with Crippen molar-refractivity contribution < 1.29 is 4.79 Å². The number of hydrogen-bond acceptors (Lipinski definition) is 2. The van der Waals surface area contributed by atoms with Gasteiger partial charge in [-0.15, -0.1) is 0 Å². The predicted molar refractivity (Wildman–Crippen MR) is 100 cm³/mol. The van der Waals surface area contributed by atoms with E-state index in [0.29, 0.717) is 6.42 Å². The molecule has 0 spiro atoms.